The maximum absolute atomic E-state index is 12.4. The molecule has 22 heavy (non-hydrogen) atoms. The lowest BCUT2D eigenvalue weighted by Gasteiger charge is -2.33. The molecule has 0 bridgehead atoms. The number of aromatic amines is 1. The second-order valence-electron chi connectivity index (χ2n) is 4.99. The smallest absolute Gasteiger partial charge is 0.272 e. The van der Waals surface area contributed by atoms with Gasteiger partial charge in [-0.1, -0.05) is 29.3 Å². The number of nitrogens with zero attached hydrogens (tertiary/aromatic N) is 2. The predicted octanol–water partition coefficient (Wildman–Crippen LogP) is 2.51. The number of H-pyrrole nitrogens is 1. The second-order valence-corrected chi connectivity index (χ2v) is 5.81. The molecule has 1 atom stereocenters. The molecule has 1 aromatic heterocycles. The Morgan fingerprint density at radius 3 is 2.86 bits per heavy atom. The molecule has 1 saturated heterocycles. The fourth-order valence-corrected chi connectivity index (χ4v) is 2.67. The number of ether oxygens (including phenoxy) is 1. The number of halogens is 2. The van der Waals surface area contributed by atoms with Crippen molar-refractivity contribution in [2.45, 2.75) is 6.10 Å². The maximum atomic E-state index is 12.4. The van der Waals surface area contributed by atoms with Crippen LogP contribution in [0.1, 0.15) is 22.2 Å². The summed E-state index contributed by atoms with van der Waals surface area (Å²) in [5.41, 5.74) is 6.78. The van der Waals surface area contributed by atoms with Crippen LogP contribution < -0.4 is 5.73 Å². The van der Waals surface area contributed by atoms with Gasteiger partial charge in [0.2, 0.25) is 0 Å². The number of aromatic nitrogens is 2. The standard InChI is InChI=1S/C14H14Cl2N4O2/c15-9-2-1-8(5-10(9)16)12-7-20(3-4-22-12)14(21)11-6-13(17)19-18-11/h1-2,5-6,12H,3-4,7H2,(H3,17,18,19). The van der Waals surface area contributed by atoms with Crippen molar-refractivity contribution in [3.8, 4) is 0 Å². The van der Waals surface area contributed by atoms with Crippen LogP contribution >= 0.6 is 23.2 Å². The first-order valence-corrected chi connectivity index (χ1v) is 7.47. The number of anilines is 1. The van der Waals surface area contributed by atoms with Crippen molar-refractivity contribution < 1.29 is 9.53 Å². The Balaban J connectivity index is 1.76. The highest BCUT2D eigenvalue weighted by Crippen LogP contribution is 2.29. The summed E-state index contributed by atoms with van der Waals surface area (Å²) < 4.78 is 5.73. The van der Waals surface area contributed by atoms with Gasteiger partial charge in [0.25, 0.3) is 5.91 Å². The lowest BCUT2D eigenvalue weighted by Crippen LogP contribution is -2.42. The average Bonchev–Trinajstić information content (AvgIpc) is 2.96. The molecule has 2 aromatic rings. The molecule has 0 aliphatic carbocycles. The van der Waals surface area contributed by atoms with Crippen LogP contribution in [0.25, 0.3) is 0 Å². The number of benzene rings is 1. The Morgan fingerprint density at radius 2 is 2.18 bits per heavy atom. The van der Waals surface area contributed by atoms with Crippen LogP contribution in [0.5, 0.6) is 0 Å². The molecule has 3 N–H and O–H groups in total. The van der Waals surface area contributed by atoms with Crippen LogP contribution in [-0.2, 0) is 4.74 Å². The maximum Gasteiger partial charge on any atom is 0.272 e. The number of morpholine rings is 1. The Hall–Kier alpha value is -1.76. The molecule has 0 radical (unpaired) electrons. The first kappa shape index (κ1) is 15.1. The number of hydrogen-bond donors (Lipinski definition) is 2. The Kier molecular flexibility index (Phi) is 4.24. The minimum absolute atomic E-state index is 0.155. The minimum atomic E-state index is -0.243. The average molecular weight is 341 g/mol. The summed E-state index contributed by atoms with van der Waals surface area (Å²) in [5.74, 6) is 0.134. The molecule has 1 aliphatic heterocycles. The van der Waals surface area contributed by atoms with Crippen LogP contribution in [0.4, 0.5) is 5.82 Å². The highest BCUT2D eigenvalue weighted by atomic mass is 35.5. The quantitative estimate of drug-likeness (QED) is 0.879. The van der Waals surface area contributed by atoms with Crippen molar-refractivity contribution in [2.24, 2.45) is 0 Å². The summed E-state index contributed by atoms with van der Waals surface area (Å²) in [6.07, 6.45) is -0.243. The summed E-state index contributed by atoms with van der Waals surface area (Å²) in [6, 6.07) is 6.85. The molecule has 1 fully saturated rings. The van der Waals surface area contributed by atoms with Gasteiger partial charge in [0, 0.05) is 12.6 Å². The van der Waals surface area contributed by atoms with Gasteiger partial charge in [-0.05, 0) is 17.7 Å². The zero-order valence-corrected chi connectivity index (χ0v) is 13.1. The number of hydrogen-bond acceptors (Lipinski definition) is 4. The van der Waals surface area contributed by atoms with Gasteiger partial charge in [0.05, 0.1) is 23.2 Å². The number of carbonyl (C=O) groups is 1. The summed E-state index contributed by atoms with van der Waals surface area (Å²) in [6.45, 7) is 1.38. The molecular formula is C14H14Cl2N4O2. The normalized spacial score (nSPS) is 18.5. The van der Waals surface area contributed by atoms with E-state index in [0.29, 0.717) is 35.4 Å². The molecule has 0 saturated carbocycles. The van der Waals surface area contributed by atoms with Gasteiger partial charge in [-0.15, -0.1) is 0 Å². The molecule has 6 nitrogen and oxygen atoms in total. The first-order chi connectivity index (χ1) is 10.5. The van der Waals surface area contributed by atoms with Gasteiger partial charge in [0.1, 0.15) is 17.6 Å². The lowest BCUT2D eigenvalue weighted by molar-refractivity contribution is -0.0230. The van der Waals surface area contributed by atoms with Crippen LogP contribution in [0.2, 0.25) is 10.0 Å². The van der Waals surface area contributed by atoms with Gasteiger partial charge >= 0.3 is 0 Å². The third-order valence-electron chi connectivity index (χ3n) is 3.50. The third kappa shape index (κ3) is 3.04. The van der Waals surface area contributed by atoms with E-state index < -0.39 is 0 Å². The SMILES string of the molecule is Nc1cc(C(=O)N2CCOC(c3ccc(Cl)c(Cl)c3)C2)[nH]n1. The molecule has 8 heteroatoms. The summed E-state index contributed by atoms with van der Waals surface area (Å²) >= 11 is 12.0. The van der Waals surface area contributed by atoms with Crippen LogP contribution in [0, 0.1) is 0 Å². The van der Waals surface area contributed by atoms with Crippen LogP contribution in [0.15, 0.2) is 24.3 Å². The van der Waals surface area contributed by atoms with Gasteiger partial charge in [-0.25, -0.2) is 0 Å². The van der Waals surface area contributed by atoms with E-state index in [1.54, 1.807) is 17.0 Å². The molecule has 1 aliphatic rings. The van der Waals surface area contributed by atoms with E-state index in [2.05, 4.69) is 10.2 Å². The summed E-state index contributed by atoms with van der Waals surface area (Å²) in [7, 11) is 0. The van der Waals surface area contributed by atoms with Crippen molar-refractivity contribution >= 4 is 34.9 Å². The highest BCUT2D eigenvalue weighted by Gasteiger charge is 2.27. The molecular weight excluding hydrogens is 327 g/mol. The number of amides is 1. The molecule has 1 aromatic carbocycles. The fraction of sp³-hybridized carbons (Fsp3) is 0.286. The zero-order chi connectivity index (χ0) is 15.7. The van der Waals surface area contributed by atoms with E-state index in [4.69, 9.17) is 33.7 Å². The number of carbonyl (C=O) groups excluding carboxylic acids is 1. The molecule has 0 spiro atoms. The predicted molar refractivity (Wildman–Crippen MR) is 84.1 cm³/mol. The topological polar surface area (TPSA) is 84.2 Å². The monoisotopic (exact) mass is 340 g/mol. The molecule has 3 rings (SSSR count). The van der Waals surface area contributed by atoms with E-state index in [1.165, 1.54) is 6.07 Å². The molecule has 1 unspecified atom stereocenters. The Bertz CT molecular complexity index is 704. The van der Waals surface area contributed by atoms with E-state index in [-0.39, 0.29) is 17.8 Å². The van der Waals surface area contributed by atoms with Crippen molar-refractivity contribution in [2.75, 3.05) is 25.4 Å². The van der Waals surface area contributed by atoms with E-state index >= 15 is 0 Å². The van der Waals surface area contributed by atoms with Crippen molar-refractivity contribution in [1.82, 2.24) is 15.1 Å². The van der Waals surface area contributed by atoms with E-state index in [0.717, 1.165) is 5.56 Å². The number of nitrogens with one attached hydrogen (secondary N) is 1. The molecule has 2 heterocycles. The number of nitrogen functional groups attached to an aromatic ring is 1. The first-order valence-electron chi connectivity index (χ1n) is 6.71. The highest BCUT2D eigenvalue weighted by molar-refractivity contribution is 6.42. The van der Waals surface area contributed by atoms with Gasteiger partial charge < -0.3 is 15.4 Å². The van der Waals surface area contributed by atoms with Crippen LogP contribution in [0.3, 0.4) is 0 Å². The van der Waals surface area contributed by atoms with Gasteiger partial charge in [0.15, 0.2) is 0 Å². The summed E-state index contributed by atoms with van der Waals surface area (Å²) in [5, 5.41) is 7.35. The third-order valence-corrected chi connectivity index (χ3v) is 4.24. The van der Waals surface area contributed by atoms with E-state index in [1.807, 2.05) is 6.07 Å². The number of rotatable bonds is 2. The Labute approximate surface area is 137 Å². The fourth-order valence-electron chi connectivity index (χ4n) is 2.37. The van der Waals surface area contributed by atoms with Crippen molar-refractivity contribution in [3.05, 3.63) is 45.6 Å². The molecule has 1 amide bonds. The zero-order valence-electron chi connectivity index (χ0n) is 11.6. The van der Waals surface area contributed by atoms with Crippen LogP contribution in [-0.4, -0.2) is 40.7 Å². The Morgan fingerprint density at radius 1 is 1.36 bits per heavy atom. The molecule has 116 valence electrons. The van der Waals surface area contributed by atoms with E-state index in [9.17, 15) is 4.79 Å². The van der Waals surface area contributed by atoms with Gasteiger partial charge in [-0.3, -0.25) is 9.89 Å². The number of nitrogens with two attached hydrogens (primary N) is 1. The lowest BCUT2D eigenvalue weighted by atomic mass is 10.1. The van der Waals surface area contributed by atoms with Crippen molar-refractivity contribution in [3.63, 3.8) is 0 Å². The van der Waals surface area contributed by atoms with Gasteiger partial charge in [-0.2, -0.15) is 5.10 Å². The van der Waals surface area contributed by atoms with Crippen molar-refractivity contribution in [1.29, 1.82) is 0 Å². The second kappa shape index (κ2) is 6.16. The largest absolute Gasteiger partial charge is 0.382 e. The minimum Gasteiger partial charge on any atom is -0.382 e. The summed E-state index contributed by atoms with van der Waals surface area (Å²) in [4.78, 5) is 14.1.